The molecule has 1 heterocycles. The van der Waals surface area contributed by atoms with E-state index in [1.807, 2.05) is 24.3 Å². The van der Waals surface area contributed by atoms with Crippen LogP contribution in [0.4, 0.5) is 24.7 Å². The predicted octanol–water partition coefficient (Wildman–Crippen LogP) is 4.35. The topological polar surface area (TPSA) is 50.9 Å². The molecule has 3 N–H and O–H groups in total. The molecule has 118 valence electrons. The highest BCUT2D eigenvalue weighted by Gasteiger charge is 2.41. The van der Waals surface area contributed by atoms with Gasteiger partial charge in [0.15, 0.2) is 0 Å². The van der Waals surface area contributed by atoms with Crippen LogP contribution in [0.15, 0.2) is 30.5 Å². The number of hydrogen-bond acceptors (Lipinski definition) is 3. The van der Waals surface area contributed by atoms with E-state index in [1.165, 1.54) is 0 Å². The van der Waals surface area contributed by atoms with Crippen LogP contribution in [-0.4, -0.2) is 17.2 Å². The first-order valence-electron chi connectivity index (χ1n) is 7.41. The second-order valence-electron chi connectivity index (χ2n) is 5.84. The van der Waals surface area contributed by atoms with E-state index in [1.54, 1.807) is 6.20 Å². The Balaban J connectivity index is 1.74. The van der Waals surface area contributed by atoms with Gasteiger partial charge in [-0.15, -0.1) is 0 Å². The molecular weight excluding hydrogens is 291 g/mol. The normalized spacial score (nSPS) is 22.7. The highest BCUT2D eigenvalue weighted by Crippen LogP contribution is 2.38. The van der Waals surface area contributed by atoms with Crippen LogP contribution in [0.5, 0.6) is 0 Å². The lowest BCUT2D eigenvalue weighted by Crippen LogP contribution is -2.33. The van der Waals surface area contributed by atoms with Gasteiger partial charge >= 0.3 is 6.18 Å². The number of nitrogens with one attached hydrogen (secondary N) is 1. The van der Waals surface area contributed by atoms with Crippen LogP contribution < -0.4 is 11.1 Å². The summed E-state index contributed by atoms with van der Waals surface area (Å²) in [5, 5.41) is 5.10. The van der Waals surface area contributed by atoms with Crippen LogP contribution in [0.2, 0.25) is 0 Å². The first-order chi connectivity index (χ1) is 10.4. The van der Waals surface area contributed by atoms with E-state index in [9.17, 15) is 13.2 Å². The minimum absolute atomic E-state index is 0.0260. The van der Waals surface area contributed by atoms with E-state index < -0.39 is 12.1 Å². The summed E-state index contributed by atoms with van der Waals surface area (Å²) in [6, 6.07) is 7.46. The monoisotopic (exact) mass is 309 g/mol. The molecule has 1 aromatic carbocycles. The van der Waals surface area contributed by atoms with Gasteiger partial charge < -0.3 is 11.1 Å². The molecule has 0 bridgehead atoms. The number of rotatable bonds is 2. The molecule has 0 amide bonds. The Morgan fingerprint density at radius 3 is 2.45 bits per heavy atom. The summed E-state index contributed by atoms with van der Waals surface area (Å²) in [6.07, 6.45) is -1.04. The van der Waals surface area contributed by atoms with Gasteiger partial charge in [-0.3, -0.25) is 0 Å². The van der Waals surface area contributed by atoms with Crippen LogP contribution in [-0.2, 0) is 0 Å². The molecule has 1 aliphatic rings. The van der Waals surface area contributed by atoms with Gasteiger partial charge in [0.25, 0.3) is 0 Å². The fourth-order valence-corrected chi connectivity index (χ4v) is 3.10. The Kier molecular flexibility index (Phi) is 3.85. The number of fused-ring (bicyclic) bond motifs is 1. The molecule has 3 rings (SSSR count). The van der Waals surface area contributed by atoms with Crippen LogP contribution in [0, 0.1) is 5.92 Å². The van der Waals surface area contributed by atoms with E-state index in [2.05, 4.69) is 10.3 Å². The van der Waals surface area contributed by atoms with Gasteiger partial charge in [0, 0.05) is 28.7 Å². The Labute approximate surface area is 126 Å². The van der Waals surface area contributed by atoms with Crippen molar-refractivity contribution in [2.45, 2.75) is 37.9 Å². The molecule has 22 heavy (non-hydrogen) atoms. The van der Waals surface area contributed by atoms with Crippen molar-refractivity contribution in [1.82, 2.24) is 4.98 Å². The summed E-state index contributed by atoms with van der Waals surface area (Å²) >= 11 is 0. The fourth-order valence-electron chi connectivity index (χ4n) is 3.10. The van der Waals surface area contributed by atoms with Gasteiger partial charge in [0.2, 0.25) is 0 Å². The van der Waals surface area contributed by atoms with Crippen molar-refractivity contribution in [3.63, 3.8) is 0 Å². The zero-order valence-electron chi connectivity index (χ0n) is 12.0. The number of nitrogens with zero attached hydrogens (tertiary/aromatic N) is 1. The number of nitrogen functional groups attached to an aromatic ring is 1. The van der Waals surface area contributed by atoms with E-state index in [4.69, 9.17) is 5.73 Å². The van der Waals surface area contributed by atoms with E-state index in [0.717, 1.165) is 10.8 Å². The van der Waals surface area contributed by atoms with Crippen molar-refractivity contribution < 1.29 is 13.2 Å². The Bertz CT molecular complexity index is 661. The second kappa shape index (κ2) is 5.66. The number of pyridine rings is 1. The van der Waals surface area contributed by atoms with Crippen molar-refractivity contribution in [2.75, 3.05) is 11.1 Å². The van der Waals surface area contributed by atoms with Crippen molar-refractivity contribution in [2.24, 2.45) is 5.92 Å². The maximum Gasteiger partial charge on any atom is 0.391 e. The number of halogens is 3. The molecule has 0 saturated heterocycles. The zero-order chi connectivity index (χ0) is 15.7. The third-order valence-corrected chi connectivity index (χ3v) is 4.37. The number of anilines is 2. The summed E-state index contributed by atoms with van der Waals surface area (Å²) in [6.45, 7) is 0. The van der Waals surface area contributed by atoms with Crippen molar-refractivity contribution in [3.8, 4) is 0 Å². The van der Waals surface area contributed by atoms with E-state index >= 15 is 0 Å². The summed E-state index contributed by atoms with van der Waals surface area (Å²) in [5.41, 5.74) is 6.61. The van der Waals surface area contributed by atoms with E-state index in [0.29, 0.717) is 24.3 Å². The van der Waals surface area contributed by atoms with Crippen molar-refractivity contribution in [1.29, 1.82) is 0 Å². The summed E-state index contributed by atoms with van der Waals surface area (Å²) in [5.74, 6) is -0.470. The molecule has 1 aliphatic carbocycles. The average molecular weight is 309 g/mol. The predicted molar refractivity (Wildman–Crippen MR) is 81.6 cm³/mol. The third-order valence-electron chi connectivity index (χ3n) is 4.37. The summed E-state index contributed by atoms with van der Waals surface area (Å²) in [4.78, 5) is 4.32. The molecule has 0 aliphatic heterocycles. The molecule has 1 aromatic heterocycles. The number of nitrogens with two attached hydrogens (primary N) is 1. The van der Waals surface area contributed by atoms with Crippen LogP contribution in [0.25, 0.3) is 10.8 Å². The molecule has 1 fully saturated rings. The van der Waals surface area contributed by atoms with Gasteiger partial charge in [0.05, 0.1) is 5.92 Å². The van der Waals surface area contributed by atoms with Gasteiger partial charge in [0.1, 0.15) is 5.82 Å². The third kappa shape index (κ3) is 2.96. The number of benzene rings is 1. The lowest BCUT2D eigenvalue weighted by molar-refractivity contribution is -0.182. The number of alkyl halides is 3. The van der Waals surface area contributed by atoms with E-state index in [-0.39, 0.29) is 18.9 Å². The van der Waals surface area contributed by atoms with Gasteiger partial charge in [-0.25, -0.2) is 4.98 Å². The Morgan fingerprint density at radius 2 is 1.77 bits per heavy atom. The van der Waals surface area contributed by atoms with Gasteiger partial charge in [-0.2, -0.15) is 13.2 Å². The summed E-state index contributed by atoms with van der Waals surface area (Å²) < 4.78 is 38.1. The SMILES string of the molecule is Nc1cccc2c(NC3CCC(C(F)(F)F)CC3)nccc12. The standard InChI is InChI=1S/C16H18F3N3/c17-16(18,19)10-4-6-11(7-5-10)22-15-13-2-1-3-14(20)12(13)8-9-21-15/h1-3,8-11H,4-7,20H2,(H,21,22). The molecule has 0 spiro atoms. The number of aromatic nitrogens is 1. The van der Waals surface area contributed by atoms with Gasteiger partial charge in [-0.1, -0.05) is 12.1 Å². The molecule has 6 heteroatoms. The first kappa shape index (κ1) is 14.9. The zero-order valence-corrected chi connectivity index (χ0v) is 12.0. The molecule has 1 saturated carbocycles. The van der Waals surface area contributed by atoms with Crippen molar-refractivity contribution >= 4 is 22.3 Å². The molecule has 2 aromatic rings. The highest BCUT2D eigenvalue weighted by molar-refractivity contribution is 5.99. The Morgan fingerprint density at radius 1 is 1.05 bits per heavy atom. The maximum absolute atomic E-state index is 12.7. The van der Waals surface area contributed by atoms with Crippen molar-refractivity contribution in [3.05, 3.63) is 30.5 Å². The molecule has 0 radical (unpaired) electrons. The molecule has 0 unspecified atom stereocenters. The van der Waals surface area contributed by atoms with Crippen LogP contribution in [0.3, 0.4) is 0 Å². The second-order valence-corrected chi connectivity index (χ2v) is 5.84. The van der Waals surface area contributed by atoms with Crippen LogP contribution in [0.1, 0.15) is 25.7 Å². The molecular formula is C16H18F3N3. The average Bonchev–Trinajstić information content (AvgIpc) is 2.48. The Hall–Kier alpha value is -1.98. The fraction of sp³-hybridized carbons (Fsp3) is 0.438. The maximum atomic E-state index is 12.7. The largest absolute Gasteiger partial charge is 0.398 e. The molecule has 0 atom stereocenters. The summed E-state index contributed by atoms with van der Waals surface area (Å²) in [7, 11) is 0. The quantitative estimate of drug-likeness (QED) is 0.811. The smallest absolute Gasteiger partial charge is 0.391 e. The highest BCUT2D eigenvalue weighted by atomic mass is 19.4. The first-order valence-corrected chi connectivity index (χ1v) is 7.41. The lowest BCUT2D eigenvalue weighted by Gasteiger charge is -2.30. The minimum atomic E-state index is -4.07. The molecule has 3 nitrogen and oxygen atoms in total. The number of hydrogen-bond donors (Lipinski definition) is 2. The lowest BCUT2D eigenvalue weighted by atomic mass is 9.85. The minimum Gasteiger partial charge on any atom is -0.398 e. The van der Waals surface area contributed by atoms with Crippen LogP contribution >= 0.6 is 0 Å². The van der Waals surface area contributed by atoms with Gasteiger partial charge in [-0.05, 0) is 37.8 Å².